The molecular weight excluding hydrogens is 504 g/mol. The standard InChI is InChI=1S/C29H35ClN4O4/c1-18(2)29(37)15-21(16-29)34-25(35)6-3-19-13-22(17-31-26(19)34)38-12-11-33-9-7-28(8-10-33)23-14-20(30)4-5-24(23)32-27(28)36/h4-5,13-14,17-18,21,37H,3,6-12,15-16H2,1-2H3,(H,32,36)/t21-,29+. The maximum atomic E-state index is 12.9. The van der Waals surface area contributed by atoms with Crippen LogP contribution in [0.15, 0.2) is 30.5 Å². The van der Waals surface area contributed by atoms with Gasteiger partial charge in [-0.05, 0) is 86.5 Å². The van der Waals surface area contributed by atoms with E-state index in [9.17, 15) is 14.7 Å². The van der Waals surface area contributed by atoms with Gasteiger partial charge in [0.2, 0.25) is 11.8 Å². The lowest BCUT2D eigenvalue weighted by Gasteiger charge is -2.51. The summed E-state index contributed by atoms with van der Waals surface area (Å²) in [6.07, 6.45) is 5.49. The second-order valence-electron chi connectivity index (χ2n) is 11.7. The second kappa shape index (κ2) is 9.50. The third kappa shape index (κ3) is 4.27. The zero-order valence-electron chi connectivity index (χ0n) is 22.0. The molecule has 3 aliphatic heterocycles. The molecular formula is C29H35ClN4O4. The number of carbonyl (C=O) groups excluding carboxylic acids is 2. The first-order valence-corrected chi connectivity index (χ1v) is 14.1. The number of carbonyl (C=O) groups is 2. The number of likely N-dealkylation sites (tertiary alicyclic amines) is 1. The van der Waals surface area contributed by atoms with Crippen molar-refractivity contribution in [3.05, 3.63) is 46.6 Å². The number of aliphatic hydroxyl groups is 1. The Morgan fingerprint density at radius 3 is 2.68 bits per heavy atom. The number of rotatable bonds is 6. The minimum atomic E-state index is -0.697. The normalized spacial score (nSPS) is 26.2. The smallest absolute Gasteiger partial charge is 0.235 e. The SMILES string of the molecule is CC(C)[C@]1(O)C[C@@H](N2C(=O)CCc3cc(OCCN4CCC5(CC4)C(=O)Nc4ccc(Cl)cc45)cnc32)C1. The lowest BCUT2D eigenvalue weighted by atomic mass is 9.68. The van der Waals surface area contributed by atoms with Crippen LogP contribution in [-0.2, 0) is 21.4 Å². The Kier molecular flexibility index (Phi) is 6.40. The maximum Gasteiger partial charge on any atom is 0.235 e. The molecule has 2 N–H and O–H groups in total. The van der Waals surface area contributed by atoms with Crippen LogP contribution < -0.4 is 15.0 Å². The Labute approximate surface area is 228 Å². The first-order valence-electron chi connectivity index (χ1n) is 13.7. The van der Waals surface area contributed by atoms with E-state index in [1.807, 2.05) is 38.1 Å². The third-order valence-corrected chi connectivity index (χ3v) is 9.44. The minimum absolute atomic E-state index is 0.000512. The van der Waals surface area contributed by atoms with Gasteiger partial charge in [0, 0.05) is 29.7 Å². The van der Waals surface area contributed by atoms with Gasteiger partial charge >= 0.3 is 0 Å². The van der Waals surface area contributed by atoms with Crippen molar-refractivity contribution in [2.45, 2.75) is 69.4 Å². The molecule has 6 rings (SSSR count). The highest BCUT2D eigenvalue weighted by molar-refractivity contribution is 6.31. The summed E-state index contributed by atoms with van der Waals surface area (Å²) in [4.78, 5) is 34.4. The number of benzene rings is 1. The molecule has 1 aliphatic carbocycles. The molecule has 0 unspecified atom stereocenters. The molecule has 1 saturated carbocycles. The number of fused-ring (bicyclic) bond motifs is 3. The summed E-state index contributed by atoms with van der Waals surface area (Å²) in [6.45, 7) is 6.95. The Hall–Kier alpha value is -2.68. The molecule has 4 aliphatic rings. The summed E-state index contributed by atoms with van der Waals surface area (Å²) in [7, 11) is 0. The van der Waals surface area contributed by atoms with Gasteiger partial charge in [0.05, 0.1) is 17.2 Å². The van der Waals surface area contributed by atoms with E-state index in [0.29, 0.717) is 48.9 Å². The highest BCUT2D eigenvalue weighted by atomic mass is 35.5. The largest absolute Gasteiger partial charge is 0.491 e. The fourth-order valence-electron chi connectivity index (χ4n) is 6.56. The molecule has 2 amide bonds. The van der Waals surface area contributed by atoms with E-state index < -0.39 is 11.0 Å². The number of amides is 2. The van der Waals surface area contributed by atoms with Crippen LogP contribution in [0.1, 0.15) is 57.1 Å². The number of anilines is 2. The number of piperidine rings is 1. The molecule has 1 saturated heterocycles. The Morgan fingerprint density at radius 1 is 1.18 bits per heavy atom. The first kappa shape index (κ1) is 25.6. The summed E-state index contributed by atoms with van der Waals surface area (Å²) < 4.78 is 6.07. The molecule has 9 heteroatoms. The van der Waals surface area contributed by atoms with Gasteiger partial charge in [-0.15, -0.1) is 0 Å². The fourth-order valence-corrected chi connectivity index (χ4v) is 6.73. The van der Waals surface area contributed by atoms with Gasteiger partial charge in [-0.2, -0.15) is 0 Å². The number of aryl methyl sites for hydroxylation is 1. The number of ether oxygens (including phenoxy) is 1. The summed E-state index contributed by atoms with van der Waals surface area (Å²) in [5.74, 6) is 1.74. The van der Waals surface area contributed by atoms with Crippen LogP contribution in [0, 0.1) is 5.92 Å². The van der Waals surface area contributed by atoms with Crippen molar-refractivity contribution >= 4 is 34.9 Å². The van der Waals surface area contributed by atoms with Crippen molar-refractivity contribution in [2.75, 3.05) is 36.5 Å². The maximum absolute atomic E-state index is 12.9. The number of nitrogens with zero attached hydrogens (tertiary/aromatic N) is 3. The highest BCUT2D eigenvalue weighted by Gasteiger charge is 2.50. The van der Waals surface area contributed by atoms with Gasteiger partial charge < -0.3 is 15.2 Å². The van der Waals surface area contributed by atoms with Crippen molar-refractivity contribution in [2.24, 2.45) is 5.92 Å². The number of halogens is 1. The van der Waals surface area contributed by atoms with E-state index >= 15 is 0 Å². The Balaban J connectivity index is 1.04. The molecule has 202 valence electrons. The lowest BCUT2D eigenvalue weighted by molar-refractivity contribution is -0.124. The zero-order chi connectivity index (χ0) is 26.7. The summed E-state index contributed by atoms with van der Waals surface area (Å²) in [6, 6.07) is 7.64. The van der Waals surface area contributed by atoms with E-state index in [-0.39, 0.29) is 23.8 Å². The van der Waals surface area contributed by atoms with Crippen LogP contribution in [-0.4, -0.2) is 64.7 Å². The van der Waals surface area contributed by atoms with Crippen LogP contribution >= 0.6 is 11.6 Å². The van der Waals surface area contributed by atoms with E-state index in [4.69, 9.17) is 16.3 Å². The van der Waals surface area contributed by atoms with Gasteiger partial charge in [-0.3, -0.25) is 19.4 Å². The Bertz CT molecular complexity index is 1270. The van der Waals surface area contributed by atoms with Crippen LogP contribution in [0.4, 0.5) is 11.5 Å². The van der Waals surface area contributed by atoms with Crippen LogP contribution in [0.5, 0.6) is 5.75 Å². The first-order chi connectivity index (χ1) is 18.2. The number of pyridine rings is 1. The average molecular weight is 539 g/mol. The zero-order valence-corrected chi connectivity index (χ0v) is 22.8. The van der Waals surface area contributed by atoms with Crippen molar-refractivity contribution in [1.29, 1.82) is 0 Å². The van der Waals surface area contributed by atoms with Crippen molar-refractivity contribution in [3.63, 3.8) is 0 Å². The predicted molar refractivity (Wildman–Crippen MR) is 146 cm³/mol. The molecule has 38 heavy (non-hydrogen) atoms. The molecule has 0 bridgehead atoms. The lowest BCUT2D eigenvalue weighted by Crippen LogP contribution is -2.60. The summed E-state index contributed by atoms with van der Waals surface area (Å²) in [5, 5.41) is 14.4. The second-order valence-corrected chi connectivity index (χ2v) is 12.1. The monoisotopic (exact) mass is 538 g/mol. The molecule has 4 heterocycles. The van der Waals surface area contributed by atoms with E-state index in [1.54, 1.807) is 11.1 Å². The van der Waals surface area contributed by atoms with E-state index in [2.05, 4.69) is 15.2 Å². The molecule has 0 atom stereocenters. The molecule has 1 spiro atoms. The molecule has 1 aromatic carbocycles. The topological polar surface area (TPSA) is 95.0 Å². The van der Waals surface area contributed by atoms with Crippen molar-refractivity contribution in [3.8, 4) is 5.75 Å². The van der Waals surface area contributed by atoms with E-state index in [0.717, 1.165) is 49.3 Å². The number of aromatic nitrogens is 1. The van der Waals surface area contributed by atoms with E-state index in [1.165, 1.54) is 0 Å². The highest BCUT2D eigenvalue weighted by Crippen LogP contribution is 2.46. The van der Waals surface area contributed by atoms with Gasteiger partial charge in [0.25, 0.3) is 0 Å². The number of nitrogens with one attached hydrogen (secondary N) is 1. The van der Waals surface area contributed by atoms with Crippen LogP contribution in [0.25, 0.3) is 0 Å². The van der Waals surface area contributed by atoms with Crippen molar-refractivity contribution < 1.29 is 19.4 Å². The van der Waals surface area contributed by atoms with Crippen LogP contribution in [0.3, 0.4) is 0 Å². The molecule has 1 aromatic heterocycles. The number of hydrogen-bond donors (Lipinski definition) is 2. The van der Waals surface area contributed by atoms with Gasteiger partial charge in [-0.25, -0.2) is 4.98 Å². The van der Waals surface area contributed by atoms with Crippen molar-refractivity contribution in [1.82, 2.24) is 9.88 Å². The third-order valence-electron chi connectivity index (χ3n) is 9.21. The summed E-state index contributed by atoms with van der Waals surface area (Å²) >= 11 is 6.24. The fraction of sp³-hybridized carbons (Fsp3) is 0.552. The minimum Gasteiger partial charge on any atom is -0.491 e. The summed E-state index contributed by atoms with van der Waals surface area (Å²) in [5.41, 5.74) is 1.73. The molecule has 8 nitrogen and oxygen atoms in total. The van der Waals surface area contributed by atoms with Gasteiger partial charge in [-0.1, -0.05) is 25.4 Å². The van der Waals surface area contributed by atoms with Gasteiger partial charge in [0.15, 0.2) is 0 Å². The average Bonchev–Trinajstić information content (AvgIpc) is 3.13. The van der Waals surface area contributed by atoms with Crippen LogP contribution in [0.2, 0.25) is 5.02 Å². The van der Waals surface area contributed by atoms with Gasteiger partial charge in [0.1, 0.15) is 18.2 Å². The molecule has 2 aromatic rings. The molecule has 2 fully saturated rings. The number of hydrogen-bond acceptors (Lipinski definition) is 6. The quantitative estimate of drug-likeness (QED) is 0.579. The Morgan fingerprint density at radius 2 is 1.95 bits per heavy atom. The molecule has 0 radical (unpaired) electrons. The predicted octanol–water partition coefficient (Wildman–Crippen LogP) is 3.93.